The van der Waals surface area contributed by atoms with Gasteiger partial charge in [-0.3, -0.25) is 0 Å². The third-order valence-electron chi connectivity index (χ3n) is 3.15. The van der Waals surface area contributed by atoms with Crippen molar-refractivity contribution in [2.24, 2.45) is 0 Å². The van der Waals surface area contributed by atoms with E-state index in [1.807, 2.05) is 0 Å². The molecular formula is C13H14N4O4S. The quantitative estimate of drug-likeness (QED) is 0.637. The molecule has 3 rings (SSSR count). The summed E-state index contributed by atoms with van der Waals surface area (Å²) in [6.07, 6.45) is 0.430. The van der Waals surface area contributed by atoms with Crippen molar-refractivity contribution in [1.82, 2.24) is 19.8 Å². The Kier molecular flexibility index (Phi) is 3.59. The van der Waals surface area contributed by atoms with Gasteiger partial charge in [0, 0.05) is 19.0 Å². The van der Waals surface area contributed by atoms with Crippen molar-refractivity contribution >= 4 is 21.1 Å². The third-order valence-corrected chi connectivity index (χ3v) is 4.61. The Morgan fingerprint density at radius 2 is 2.00 bits per heavy atom. The second kappa shape index (κ2) is 5.43. The van der Waals surface area contributed by atoms with Crippen LogP contribution in [0.25, 0.3) is 11.0 Å². The van der Waals surface area contributed by atoms with Gasteiger partial charge < -0.3 is 14.5 Å². The van der Waals surface area contributed by atoms with E-state index in [1.165, 1.54) is 12.1 Å². The summed E-state index contributed by atoms with van der Waals surface area (Å²) in [5, 5.41) is 3.80. The molecule has 22 heavy (non-hydrogen) atoms. The first-order valence-corrected chi connectivity index (χ1v) is 8.06. The van der Waals surface area contributed by atoms with E-state index in [-0.39, 0.29) is 17.1 Å². The summed E-state index contributed by atoms with van der Waals surface area (Å²) in [5.41, 5.74) is 1.31. The molecule has 0 aliphatic heterocycles. The molecule has 0 saturated heterocycles. The van der Waals surface area contributed by atoms with E-state index in [0.717, 1.165) is 0 Å². The van der Waals surface area contributed by atoms with Crippen LogP contribution in [0.2, 0.25) is 0 Å². The lowest BCUT2D eigenvalue weighted by Gasteiger charge is -2.05. The number of fused-ring (bicyclic) bond motifs is 1. The van der Waals surface area contributed by atoms with Gasteiger partial charge in [-0.15, -0.1) is 0 Å². The van der Waals surface area contributed by atoms with Gasteiger partial charge in [-0.1, -0.05) is 5.16 Å². The van der Waals surface area contributed by atoms with Crippen LogP contribution < -0.4 is 10.4 Å². The summed E-state index contributed by atoms with van der Waals surface area (Å²) in [4.78, 5) is 16.4. The average Bonchev–Trinajstić information content (AvgIpc) is 3.02. The number of hydrogen-bond donors (Lipinski definition) is 3. The Bertz CT molecular complexity index is 967. The number of sulfonamides is 1. The summed E-state index contributed by atoms with van der Waals surface area (Å²) >= 11 is 0. The second-order valence-corrected chi connectivity index (χ2v) is 6.63. The van der Waals surface area contributed by atoms with Gasteiger partial charge in [-0.25, -0.2) is 17.9 Å². The van der Waals surface area contributed by atoms with Crippen LogP contribution in [0.15, 0.2) is 38.5 Å². The smallest absolute Gasteiger partial charge is 0.323 e. The SMILES string of the molecule is Cc1cc(CCNS(=O)(=O)c2ccc3[nH]c(=O)[nH]c3c2)no1. The Morgan fingerprint density at radius 3 is 2.73 bits per heavy atom. The maximum Gasteiger partial charge on any atom is 0.323 e. The van der Waals surface area contributed by atoms with Gasteiger partial charge >= 0.3 is 5.69 Å². The minimum absolute atomic E-state index is 0.0894. The fraction of sp³-hybridized carbons (Fsp3) is 0.231. The first-order chi connectivity index (χ1) is 10.4. The van der Waals surface area contributed by atoms with Gasteiger partial charge in [-0.2, -0.15) is 0 Å². The number of nitrogens with zero attached hydrogens (tertiary/aromatic N) is 1. The highest BCUT2D eigenvalue weighted by Gasteiger charge is 2.15. The summed E-state index contributed by atoms with van der Waals surface area (Å²) in [5.74, 6) is 0.680. The van der Waals surface area contributed by atoms with Crippen molar-refractivity contribution in [3.05, 3.63) is 46.2 Å². The molecule has 9 heteroatoms. The standard InChI is InChI=1S/C13H14N4O4S/c1-8-6-9(17-21-8)4-5-14-22(19,20)10-2-3-11-12(7-10)16-13(18)15-11/h2-3,6-7,14H,4-5H2,1H3,(H2,15,16,18). The highest BCUT2D eigenvalue weighted by molar-refractivity contribution is 7.89. The molecule has 0 aliphatic rings. The van der Waals surface area contributed by atoms with Crippen LogP contribution in [0.4, 0.5) is 0 Å². The lowest BCUT2D eigenvalue weighted by Crippen LogP contribution is -2.26. The summed E-state index contributed by atoms with van der Waals surface area (Å²) in [6.45, 7) is 1.98. The molecule has 0 atom stereocenters. The summed E-state index contributed by atoms with van der Waals surface area (Å²) < 4.78 is 31.9. The van der Waals surface area contributed by atoms with Gasteiger partial charge in [-0.05, 0) is 25.1 Å². The van der Waals surface area contributed by atoms with Gasteiger partial charge in [0.2, 0.25) is 10.0 Å². The third kappa shape index (κ3) is 2.95. The molecule has 1 aromatic carbocycles. The molecule has 0 fully saturated rings. The van der Waals surface area contributed by atoms with Crippen LogP contribution in [0.1, 0.15) is 11.5 Å². The molecule has 0 bridgehead atoms. The molecule has 0 radical (unpaired) electrons. The fourth-order valence-electron chi connectivity index (χ4n) is 2.11. The molecule has 0 saturated carbocycles. The second-order valence-electron chi connectivity index (χ2n) is 4.86. The van der Waals surface area contributed by atoms with Gasteiger partial charge in [0.15, 0.2) is 0 Å². The first kappa shape index (κ1) is 14.5. The zero-order valence-corrected chi connectivity index (χ0v) is 12.5. The van der Waals surface area contributed by atoms with Crippen molar-refractivity contribution in [3.63, 3.8) is 0 Å². The lowest BCUT2D eigenvalue weighted by molar-refractivity contribution is 0.390. The Morgan fingerprint density at radius 1 is 1.23 bits per heavy atom. The zero-order valence-electron chi connectivity index (χ0n) is 11.7. The molecule has 0 aliphatic carbocycles. The zero-order chi connectivity index (χ0) is 15.7. The lowest BCUT2D eigenvalue weighted by atomic mass is 10.3. The molecule has 0 spiro atoms. The Hall–Kier alpha value is -2.39. The monoisotopic (exact) mass is 322 g/mol. The fourth-order valence-corrected chi connectivity index (χ4v) is 3.17. The van der Waals surface area contributed by atoms with Gasteiger partial charge in [0.1, 0.15) is 5.76 Å². The molecular weight excluding hydrogens is 308 g/mol. The predicted octanol–water partition coefficient (Wildman–Crippen LogP) is 0.674. The number of hydrogen-bond acceptors (Lipinski definition) is 5. The molecule has 116 valence electrons. The van der Waals surface area contributed by atoms with Crippen LogP contribution in [0, 0.1) is 6.92 Å². The number of nitrogens with one attached hydrogen (secondary N) is 3. The van der Waals surface area contributed by atoms with E-state index >= 15 is 0 Å². The average molecular weight is 322 g/mol. The topological polar surface area (TPSA) is 121 Å². The van der Waals surface area contributed by atoms with E-state index < -0.39 is 10.0 Å². The van der Waals surface area contributed by atoms with Gasteiger partial charge in [0.05, 0.1) is 21.6 Å². The number of aromatic nitrogens is 3. The van der Waals surface area contributed by atoms with E-state index in [2.05, 4.69) is 19.8 Å². The number of imidazole rings is 1. The normalized spacial score (nSPS) is 12.0. The molecule has 8 nitrogen and oxygen atoms in total. The summed E-state index contributed by atoms with van der Waals surface area (Å²) in [6, 6.07) is 6.15. The largest absolute Gasteiger partial charge is 0.361 e. The van der Waals surface area contributed by atoms with Crippen LogP contribution in [-0.2, 0) is 16.4 Å². The highest BCUT2D eigenvalue weighted by atomic mass is 32.2. The highest BCUT2D eigenvalue weighted by Crippen LogP contribution is 2.14. The van der Waals surface area contributed by atoms with Crippen molar-refractivity contribution < 1.29 is 12.9 Å². The number of benzene rings is 1. The predicted molar refractivity (Wildman–Crippen MR) is 79.1 cm³/mol. The van der Waals surface area contributed by atoms with Crippen LogP contribution in [-0.4, -0.2) is 30.1 Å². The molecule has 2 heterocycles. The van der Waals surface area contributed by atoms with Crippen molar-refractivity contribution in [2.45, 2.75) is 18.2 Å². The van der Waals surface area contributed by atoms with Crippen molar-refractivity contribution in [2.75, 3.05) is 6.54 Å². The van der Waals surface area contributed by atoms with Crippen LogP contribution in [0.5, 0.6) is 0 Å². The van der Waals surface area contributed by atoms with Crippen molar-refractivity contribution in [3.8, 4) is 0 Å². The number of rotatable bonds is 5. The van der Waals surface area contributed by atoms with E-state index in [1.54, 1.807) is 19.1 Å². The number of aromatic amines is 2. The molecule has 0 unspecified atom stereocenters. The Balaban J connectivity index is 1.74. The minimum atomic E-state index is -3.65. The molecule has 3 aromatic rings. The molecule has 3 N–H and O–H groups in total. The Labute approximate surface area is 125 Å². The van der Waals surface area contributed by atoms with Crippen LogP contribution in [0.3, 0.4) is 0 Å². The minimum Gasteiger partial charge on any atom is -0.361 e. The maximum atomic E-state index is 12.2. The van der Waals surface area contributed by atoms with E-state index in [4.69, 9.17) is 4.52 Å². The molecule has 2 aromatic heterocycles. The number of H-pyrrole nitrogens is 2. The van der Waals surface area contributed by atoms with Crippen molar-refractivity contribution in [1.29, 1.82) is 0 Å². The van der Waals surface area contributed by atoms with Gasteiger partial charge in [0.25, 0.3) is 0 Å². The maximum absolute atomic E-state index is 12.2. The summed E-state index contributed by atoms with van der Waals surface area (Å²) in [7, 11) is -3.65. The number of aryl methyl sites for hydroxylation is 1. The molecule has 0 amide bonds. The first-order valence-electron chi connectivity index (χ1n) is 6.58. The van der Waals surface area contributed by atoms with E-state index in [9.17, 15) is 13.2 Å². The van der Waals surface area contributed by atoms with Crippen LogP contribution >= 0.6 is 0 Å². The van der Waals surface area contributed by atoms with E-state index in [0.29, 0.717) is 28.9 Å².